The average molecular weight is 346 g/mol. The molecule has 2 aromatic rings. The van der Waals surface area contributed by atoms with Gasteiger partial charge in [-0.15, -0.1) is 11.3 Å². The number of aryl methyl sites for hydroxylation is 2. The van der Waals surface area contributed by atoms with Crippen molar-refractivity contribution in [3.8, 4) is 0 Å². The summed E-state index contributed by atoms with van der Waals surface area (Å²) in [6.07, 6.45) is 0.752. The molecule has 0 atom stereocenters. The van der Waals surface area contributed by atoms with Gasteiger partial charge >= 0.3 is 5.97 Å². The van der Waals surface area contributed by atoms with Crippen LogP contribution in [0.1, 0.15) is 51.5 Å². The summed E-state index contributed by atoms with van der Waals surface area (Å²) in [5.41, 5.74) is 3.36. The highest BCUT2D eigenvalue weighted by Gasteiger charge is 2.22. The third-order valence-corrected chi connectivity index (χ3v) is 4.53. The number of hydrogen-bond donors (Lipinski definition) is 1. The number of carbonyl (C=O) groups is 2. The Bertz CT molecular complexity index is 766. The molecule has 0 saturated heterocycles. The molecule has 1 amide bonds. The first kappa shape index (κ1) is 18.1. The van der Waals surface area contributed by atoms with Crippen molar-refractivity contribution in [3.05, 3.63) is 45.6 Å². The number of carbonyl (C=O) groups excluding carboxylic acids is 2. The SMILES string of the molecule is COC(=O)c1c(CC(C)C)csc1NC(=O)c1ccc(C)nc1C. The predicted molar refractivity (Wildman–Crippen MR) is 95.9 cm³/mol. The van der Waals surface area contributed by atoms with Gasteiger partial charge < -0.3 is 10.1 Å². The van der Waals surface area contributed by atoms with Crippen molar-refractivity contribution >= 4 is 28.2 Å². The Morgan fingerprint density at radius 3 is 2.58 bits per heavy atom. The van der Waals surface area contributed by atoms with E-state index in [0.29, 0.717) is 27.7 Å². The zero-order chi connectivity index (χ0) is 17.9. The van der Waals surface area contributed by atoms with E-state index in [2.05, 4.69) is 24.1 Å². The number of aromatic nitrogens is 1. The molecule has 24 heavy (non-hydrogen) atoms. The molecule has 0 aliphatic heterocycles. The number of amides is 1. The van der Waals surface area contributed by atoms with E-state index in [0.717, 1.165) is 17.7 Å². The molecule has 0 radical (unpaired) electrons. The zero-order valence-electron chi connectivity index (χ0n) is 14.6. The second kappa shape index (κ2) is 7.57. The summed E-state index contributed by atoms with van der Waals surface area (Å²) in [4.78, 5) is 29.0. The van der Waals surface area contributed by atoms with Crippen molar-refractivity contribution in [2.45, 2.75) is 34.1 Å². The Hall–Kier alpha value is -2.21. The fourth-order valence-corrected chi connectivity index (χ4v) is 3.46. The lowest BCUT2D eigenvalue weighted by atomic mass is 10.0. The summed E-state index contributed by atoms with van der Waals surface area (Å²) >= 11 is 1.34. The van der Waals surface area contributed by atoms with Crippen LogP contribution in [0.4, 0.5) is 5.00 Å². The Morgan fingerprint density at radius 1 is 1.29 bits per heavy atom. The number of rotatable bonds is 5. The summed E-state index contributed by atoms with van der Waals surface area (Å²) < 4.78 is 4.89. The van der Waals surface area contributed by atoms with Crippen molar-refractivity contribution in [3.63, 3.8) is 0 Å². The van der Waals surface area contributed by atoms with Gasteiger partial charge in [0, 0.05) is 5.69 Å². The summed E-state index contributed by atoms with van der Waals surface area (Å²) in [5.74, 6) is -0.306. The van der Waals surface area contributed by atoms with E-state index in [1.165, 1.54) is 18.4 Å². The topological polar surface area (TPSA) is 68.3 Å². The predicted octanol–water partition coefficient (Wildman–Crippen LogP) is 4.00. The summed E-state index contributed by atoms with van der Waals surface area (Å²) in [6, 6.07) is 3.54. The van der Waals surface area contributed by atoms with Crippen LogP contribution < -0.4 is 5.32 Å². The van der Waals surface area contributed by atoms with Gasteiger partial charge in [0.25, 0.3) is 5.91 Å². The number of nitrogens with one attached hydrogen (secondary N) is 1. The molecular formula is C18H22N2O3S. The van der Waals surface area contributed by atoms with Crippen LogP contribution >= 0.6 is 11.3 Å². The van der Waals surface area contributed by atoms with Crippen LogP contribution in [0, 0.1) is 19.8 Å². The summed E-state index contributed by atoms with van der Waals surface area (Å²) in [5, 5.41) is 5.26. The second-order valence-corrected chi connectivity index (χ2v) is 6.97. The maximum Gasteiger partial charge on any atom is 0.341 e. The van der Waals surface area contributed by atoms with Gasteiger partial charge in [0.2, 0.25) is 0 Å². The molecule has 0 unspecified atom stereocenters. The first-order valence-electron chi connectivity index (χ1n) is 7.77. The normalized spacial score (nSPS) is 10.8. The van der Waals surface area contributed by atoms with E-state index in [4.69, 9.17) is 4.74 Å². The Kier molecular flexibility index (Phi) is 5.72. The minimum absolute atomic E-state index is 0.275. The first-order valence-corrected chi connectivity index (χ1v) is 8.65. The van der Waals surface area contributed by atoms with E-state index < -0.39 is 5.97 Å². The Labute approximate surface area is 146 Å². The van der Waals surface area contributed by atoms with Crippen LogP contribution in [-0.4, -0.2) is 24.0 Å². The molecule has 0 fully saturated rings. The van der Waals surface area contributed by atoms with E-state index in [1.54, 1.807) is 19.1 Å². The highest BCUT2D eigenvalue weighted by atomic mass is 32.1. The molecule has 0 aromatic carbocycles. The third-order valence-electron chi connectivity index (χ3n) is 3.58. The van der Waals surface area contributed by atoms with Gasteiger partial charge in [0.05, 0.1) is 23.9 Å². The second-order valence-electron chi connectivity index (χ2n) is 6.09. The number of anilines is 1. The lowest BCUT2D eigenvalue weighted by Crippen LogP contribution is -2.16. The molecule has 128 valence electrons. The Morgan fingerprint density at radius 2 is 2.00 bits per heavy atom. The van der Waals surface area contributed by atoms with Crippen molar-refractivity contribution in [1.29, 1.82) is 0 Å². The van der Waals surface area contributed by atoms with Crippen LogP contribution in [0.5, 0.6) is 0 Å². The molecule has 2 heterocycles. The molecule has 5 nitrogen and oxygen atoms in total. The molecule has 6 heteroatoms. The maximum atomic E-state index is 12.5. The minimum Gasteiger partial charge on any atom is -0.465 e. The standard InChI is InChI=1S/C18H22N2O3S/c1-10(2)8-13-9-24-17(15(13)18(22)23-5)20-16(21)14-7-6-11(3)19-12(14)4/h6-7,9-10H,8H2,1-5H3,(H,20,21). The van der Waals surface area contributed by atoms with Crippen molar-refractivity contribution < 1.29 is 14.3 Å². The van der Waals surface area contributed by atoms with Crippen LogP contribution in [-0.2, 0) is 11.2 Å². The highest BCUT2D eigenvalue weighted by molar-refractivity contribution is 7.15. The monoisotopic (exact) mass is 346 g/mol. The van der Waals surface area contributed by atoms with Gasteiger partial charge in [0.1, 0.15) is 5.00 Å². The molecular weight excluding hydrogens is 324 g/mol. The van der Waals surface area contributed by atoms with Crippen molar-refractivity contribution in [2.24, 2.45) is 5.92 Å². The van der Waals surface area contributed by atoms with Gasteiger partial charge in [-0.1, -0.05) is 13.8 Å². The van der Waals surface area contributed by atoms with Gasteiger partial charge in [-0.2, -0.15) is 0 Å². The van der Waals surface area contributed by atoms with E-state index in [1.807, 2.05) is 12.3 Å². The number of methoxy groups -OCH3 is 1. The Balaban J connectivity index is 2.33. The van der Waals surface area contributed by atoms with E-state index in [-0.39, 0.29) is 5.91 Å². The van der Waals surface area contributed by atoms with Crippen LogP contribution in [0.2, 0.25) is 0 Å². The van der Waals surface area contributed by atoms with Crippen LogP contribution in [0.3, 0.4) is 0 Å². The van der Waals surface area contributed by atoms with Crippen LogP contribution in [0.15, 0.2) is 17.5 Å². The highest BCUT2D eigenvalue weighted by Crippen LogP contribution is 2.31. The van der Waals surface area contributed by atoms with E-state index in [9.17, 15) is 9.59 Å². The zero-order valence-corrected chi connectivity index (χ0v) is 15.4. The molecule has 2 rings (SSSR count). The van der Waals surface area contributed by atoms with Gasteiger partial charge in [0.15, 0.2) is 0 Å². The molecule has 0 aliphatic rings. The number of nitrogens with zero attached hydrogens (tertiary/aromatic N) is 1. The summed E-state index contributed by atoms with van der Waals surface area (Å²) in [7, 11) is 1.35. The minimum atomic E-state index is -0.430. The van der Waals surface area contributed by atoms with Crippen molar-refractivity contribution in [2.75, 3.05) is 12.4 Å². The average Bonchev–Trinajstić information content (AvgIpc) is 2.87. The number of ether oxygens (including phenoxy) is 1. The smallest absolute Gasteiger partial charge is 0.341 e. The maximum absolute atomic E-state index is 12.5. The molecule has 1 N–H and O–H groups in total. The van der Waals surface area contributed by atoms with E-state index >= 15 is 0 Å². The molecule has 0 saturated carbocycles. The number of thiophene rings is 1. The molecule has 2 aromatic heterocycles. The number of hydrogen-bond acceptors (Lipinski definition) is 5. The van der Waals surface area contributed by atoms with Crippen molar-refractivity contribution in [1.82, 2.24) is 4.98 Å². The molecule has 0 spiro atoms. The molecule has 0 bridgehead atoms. The fraction of sp³-hybridized carbons (Fsp3) is 0.389. The van der Waals surface area contributed by atoms with Crippen LogP contribution in [0.25, 0.3) is 0 Å². The largest absolute Gasteiger partial charge is 0.465 e. The summed E-state index contributed by atoms with van der Waals surface area (Å²) in [6.45, 7) is 7.83. The lowest BCUT2D eigenvalue weighted by Gasteiger charge is -2.10. The quantitative estimate of drug-likeness (QED) is 0.831. The first-order chi connectivity index (χ1) is 11.3. The van der Waals surface area contributed by atoms with Gasteiger partial charge in [-0.05, 0) is 49.3 Å². The molecule has 0 aliphatic carbocycles. The number of pyridine rings is 1. The van der Waals surface area contributed by atoms with Gasteiger partial charge in [-0.25, -0.2) is 4.79 Å². The fourth-order valence-electron chi connectivity index (χ4n) is 2.50. The third kappa shape index (κ3) is 4.00. The lowest BCUT2D eigenvalue weighted by molar-refractivity contribution is 0.0601. The number of esters is 1. The van der Waals surface area contributed by atoms with Gasteiger partial charge in [-0.3, -0.25) is 9.78 Å².